The Hall–Kier alpha value is -3.60. The number of sulfonamides is 1. The summed E-state index contributed by atoms with van der Waals surface area (Å²) in [6, 6.07) is 9.98. The molecule has 3 N–H and O–H groups in total. The number of nitrogens with zero attached hydrogens (tertiary/aromatic N) is 1. The summed E-state index contributed by atoms with van der Waals surface area (Å²) < 4.78 is 36.9. The Morgan fingerprint density at radius 1 is 1.10 bits per heavy atom. The minimum absolute atomic E-state index is 0.0744. The number of benzene rings is 2. The predicted octanol–water partition coefficient (Wildman–Crippen LogP) is 0.303. The highest BCUT2D eigenvalue weighted by Gasteiger charge is 2.31. The van der Waals surface area contributed by atoms with Crippen molar-refractivity contribution in [2.45, 2.75) is 17.9 Å². The Morgan fingerprint density at radius 2 is 1.86 bits per heavy atom. The van der Waals surface area contributed by atoms with Crippen molar-refractivity contribution in [2.75, 3.05) is 6.79 Å². The summed E-state index contributed by atoms with van der Waals surface area (Å²) >= 11 is 0. The van der Waals surface area contributed by atoms with E-state index in [-0.39, 0.29) is 23.1 Å². The molecule has 2 aliphatic rings. The fourth-order valence-corrected chi connectivity index (χ4v) is 4.05. The van der Waals surface area contributed by atoms with Gasteiger partial charge < -0.3 is 9.47 Å². The summed E-state index contributed by atoms with van der Waals surface area (Å²) in [4.78, 5) is 28.7. The van der Waals surface area contributed by atoms with Crippen molar-refractivity contribution < 1.29 is 27.5 Å². The molecule has 0 radical (unpaired) electrons. The zero-order valence-corrected chi connectivity index (χ0v) is 15.9. The minimum atomic E-state index is -3.70. The van der Waals surface area contributed by atoms with Crippen molar-refractivity contribution >= 4 is 27.7 Å². The van der Waals surface area contributed by atoms with E-state index in [0.29, 0.717) is 17.1 Å². The first-order chi connectivity index (χ1) is 13.8. The molecule has 2 aliphatic heterocycles. The van der Waals surface area contributed by atoms with Gasteiger partial charge in [0.1, 0.15) is 11.9 Å². The van der Waals surface area contributed by atoms with E-state index in [1.165, 1.54) is 25.1 Å². The zero-order valence-electron chi connectivity index (χ0n) is 15.1. The number of carbonyl (C=O) groups excluding carboxylic acids is 2. The van der Waals surface area contributed by atoms with Crippen molar-refractivity contribution in [1.29, 1.82) is 0 Å². The monoisotopic (exact) mass is 416 g/mol. The molecule has 2 amide bonds. The maximum Gasteiger partial charge on any atom is 0.269 e. The molecule has 0 bridgehead atoms. The van der Waals surface area contributed by atoms with Gasteiger partial charge in [0.25, 0.3) is 21.8 Å². The van der Waals surface area contributed by atoms with Crippen LogP contribution in [0.2, 0.25) is 0 Å². The maximum absolute atomic E-state index is 12.3. The number of ether oxygens (including phenoxy) is 2. The number of carbonyl (C=O) groups is 2. The van der Waals surface area contributed by atoms with Gasteiger partial charge in [-0.3, -0.25) is 30.2 Å². The standard InChI is InChI=1S/C18H16N4O6S/c1-10(19-16-12-4-2-3-5-15(12)29(25,26)22-16)17(23)20-21-18(24)11-6-7-13-14(8-11)28-9-27-13/h2-8,10H,9H2,1H3,(H,19,22)(H,20,23)(H,21,24). The molecule has 2 heterocycles. The van der Waals surface area contributed by atoms with Gasteiger partial charge >= 0.3 is 0 Å². The van der Waals surface area contributed by atoms with Crippen LogP contribution in [0.25, 0.3) is 0 Å². The van der Waals surface area contributed by atoms with E-state index < -0.39 is 27.9 Å². The summed E-state index contributed by atoms with van der Waals surface area (Å²) in [6.45, 7) is 1.56. The second kappa shape index (κ2) is 7.09. The molecule has 4 rings (SSSR count). The van der Waals surface area contributed by atoms with E-state index in [1.54, 1.807) is 24.3 Å². The normalized spacial score (nSPS) is 17.9. The van der Waals surface area contributed by atoms with Crippen LogP contribution >= 0.6 is 0 Å². The molecule has 150 valence electrons. The summed E-state index contributed by atoms with van der Waals surface area (Å²) in [7, 11) is -3.70. The van der Waals surface area contributed by atoms with Gasteiger partial charge in [-0.1, -0.05) is 12.1 Å². The lowest BCUT2D eigenvalue weighted by atomic mass is 10.2. The van der Waals surface area contributed by atoms with Gasteiger partial charge in [0.05, 0.1) is 4.90 Å². The Morgan fingerprint density at radius 3 is 2.69 bits per heavy atom. The first-order valence-electron chi connectivity index (χ1n) is 8.55. The fraction of sp³-hybridized carbons (Fsp3) is 0.167. The molecule has 1 atom stereocenters. The lowest BCUT2D eigenvalue weighted by Crippen LogP contribution is -2.45. The number of fused-ring (bicyclic) bond motifs is 2. The summed E-state index contributed by atoms with van der Waals surface area (Å²) in [6.07, 6.45) is 0. The molecule has 0 aliphatic carbocycles. The van der Waals surface area contributed by atoms with E-state index in [2.05, 4.69) is 20.6 Å². The SMILES string of the molecule is CC(N=C1NS(=O)(=O)c2ccccc21)C(=O)NNC(=O)c1ccc2c(c1)OCO2. The lowest BCUT2D eigenvalue weighted by Gasteiger charge is -2.11. The Labute approximate surface area is 165 Å². The Kier molecular flexibility index (Phi) is 4.59. The number of rotatable bonds is 3. The van der Waals surface area contributed by atoms with E-state index in [4.69, 9.17) is 9.47 Å². The van der Waals surface area contributed by atoms with Crippen LogP contribution in [0, 0.1) is 0 Å². The highest BCUT2D eigenvalue weighted by molar-refractivity contribution is 7.90. The smallest absolute Gasteiger partial charge is 0.269 e. The fourth-order valence-electron chi connectivity index (χ4n) is 2.81. The Bertz CT molecular complexity index is 1140. The van der Waals surface area contributed by atoms with Crippen LogP contribution in [0.5, 0.6) is 11.5 Å². The number of amides is 2. The van der Waals surface area contributed by atoms with Gasteiger partial charge in [-0.25, -0.2) is 8.42 Å². The van der Waals surface area contributed by atoms with Crippen molar-refractivity contribution in [3.8, 4) is 11.5 Å². The lowest BCUT2D eigenvalue weighted by molar-refractivity contribution is -0.122. The molecule has 0 aromatic heterocycles. The quantitative estimate of drug-likeness (QED) is 0.616. The molecule has 1 unspecified atom stereocenters. The molecule has 0 saturated carbocycles. The van der Waals surface area contributed by atoms with Crippen LogP contribution in [0.3, 0.4) is 0 Å². The molecule has 0 spiro atoms. The number of hydrogen-bond acceptors (Lipinski definition) is 7. The molecule has 29 heavy (non-hydrogen) atoms. The highest BCUT2D eigenvalue weighted by Crippen LogP contribution is 2.32. The average Bonchev–Trinajstić information content (AvgIpc) is 3.27. The molecular weight excluding hydrogens is 400 g/mol. The molecule has 2 aromatic rings. The molecule has 2 aromatic carbocycles. The van der Waals surface area contributed by atoms with Gasteiger partial charge in [0, 0.05) is 11.1 Å². The third kappa shape index (κ3) is 3.59. The molecule has 0 saturated heterocycles. The second-order valence-corrected chi connectivity index (χ2v) is 7.92. The van der Waals surface area contributed by atoms with Crippen LogP contribution < -0.4 is 25.0 Å². The predicted molar refractivity (Wildman–Crippen MR) is 101 cm³/mol. The van der Waals surface area contributed by atoms with E-state index in [9.17, 15) is 18.0 Å². The van der Waals surface area contributed by atoms with E-state index in [1.807, 2.05) is 0 Å². The third-order valence-corrected chi connectivity index (χ3v) is 5.70. The number of hydrogen-bond donors (Lipinski definition) is 3. The topological polar surface area (TPSA) is 135 Å². The maximum atomic E-state index is 12.3. The largest absolute Gasteiger partial charge is 0.454 e. The van der Waals surface area contributed by atoms with E-state index >= 15 is 0 Å². The van der Waals surface area contributed by atoms with Crippen molar-refractivity contribution in [3.63, 3.8) is 0 Å². The van der Waals surface area contributed by atoms with Gasteiger partial charge in [0.2, 0.25) is 6.79 Å². The van der Waals surface area contributed by atoms with Crippen LogP contribution in [0.4, 0.5) is 0 Å². The van der Waals surface area contributed by atoms with Crippen LogP contribution in [-0.2, 0) is 14.8 Å². The zero-order chi connectivity index (χ0) is 20.6. The minimum Gasteiger partial charge on any atom is -0.454 e. The first-order valence-corrected chi connectivity index (χ1v) is 10.0. The van der Waals surface area contributed by atoms with Gasteiger partial charge in [-0.15, -0.1) is 0 Å². The van der Waals surface area contributed by atoms with Crippen LogP contribution in [0.1, 0.15) is 22.8 Å². The summed E-state index contributed by atoms with van der Waals surface area (Å²) in [5, 5.41) is 0. The van der Waals surface area contributed by atoms with Gasteiger partial charge in [0.15, 0.2) is 11.5 Å². The number of aliphatic imine (C=N–C) groups is 1. The van der Waals surface area contributed by atoms with Gasteiger partial charge in [-0.2, -0.15) is 0 Å². The van der Waals surface area contributed by atoms with Crippen molar-refractivity contribution in [3.05, 3.63) is 53.6 Å². The highest BCUT2D eigenvalue weighted by atomic mass is 32.2. The average molecular weight is 416 g/mol. The molecule has 0 fully saturated rings. The number of hydrazine groups is 1. The first kappa shape index (κ1) is 18.7. The Balaban J connectivity index is 1.42. The third-order valence-electron chi connectivity index (χ3n) is 4.30. The van der Waals surface area contributed by atoms with E-state index in [0.717, 1.165) is 0 Å². The van der Waals surface area contributed by atoms with Crippen molar-refractivity contribution in [1.82, 2.24) is 15.6 Å². The van der Waals surface area contributed by atoms with Crippen LogP contribution in [0.15, 0.2) is 52.4 Å². The van der Waals surface area contributed by atoms with Crippen molar-refractivity contribution in [2.24, 2.45) is 4.99 Å². The molecule has 11 heteroatoms. The number of amidine groups is 1. The summed E-state index contributed by atoms with van der Waals surface area (Å²) in [5.74, 6) is -0.116. The van der Waals surface area contributed by atoms with Crippen LogP contribution in [-0.4, -0.2) is 38.9 Å². The summed E-state index contributed by atoms with van der Waals surface area (Å²) in [5.41, 5.74) is 5.22. The number of nitrogens with one attached hydrogen (secondary N) is 3. The molecular formula is C18H16N4O6S. The second-order valence-electron chi connectivity index (χ2n) is 6.27. The van der Waals surface area contributed by atoms with Gasteiger partial charge in [-0.05, 0) is 37.3 Å². The molecule has 10 nitrogen and oxygen atoms in total.